The number of halogens is 1. The van der Waals surface area contributed by atoms with Crippen LogP contribution in [0.25, 0.3) is 0 Å². The van der Waals surface area contributed by atoms with Crippen molar-refractivity contribution in [3.63, 3.8) is 0 Å². The summed E-state index contributed by atoms with van der Waals surface area (Å²) in [6.45, 7) is 2.17. The molecule has 22 heavy (non-hydrogen) atoms. The van der Waals surface area contributed by atoms with Gasteiger partial charge in [-0.2, -0.15) is 0 Å². The molecule has 1 aromatic carbocycles. The van der Waals surface area contributed by atoms with Crippen molar-refractivity contribution >= 4 is 23.5 Å². The van der Waals surface area contributed by atoms with Crippen LogP contribution in [0.5, 0.6) is 0 Å². The maximum Gasteiger partial charge on any atom is 0.336 e. The second-order valence-electron chi connectivity index (χ2n) is 4.99. The normalized spacial score (nSPS) is 18.1. The number of carbonyl (C=O) groups excluding carboxylic acids is 2. The topological polar surface area (TPSA) is 64.6 Å². The summed E-state index contributed by atoms with van der Waals surface area (Å²) in [5.41, 5.74) is 1.68. The van der Waals surface area contributed by atoms with E-state index in [2.05, 4.69) is 5.32 Å². The lowest BCUT2D eigenvalue weighted by Crippen LogP contribution is -2.34. The van der Waals surface area contributed by atoms with E-state index in [-0.39, 0.29) is 18.9 Å². The van der Waals surface area contributed by atoms with Crippen molar-refractivity contribution in [3.8, 4) is 0 Å². The van der Waals surface area contributed by atoms with Crippen molar-refractivity contribution in [2.75, 3.05) is 20.3 Å². The molecule has 0 bridgehead atoms. The van der Waals surface area contributed by atoms with Gasteiger partial charge in [0, 0.05) is 30.2 Å². The third-order valence-corrected chi connectivity index (χ3v) is 3.83. The maximum atomic E-state index is 12.4. The molecule has 0 radical (unpaired) electrons. The molecule has 0 unspecified atom stereocenters. The number of rotatable bonds is 5. The molecule has 1 atom stereocenters. The van der Waals surface area contributed by atoms with E-state index in [0.29, 0.717) is 22.9 Å². The van der Waals surface area contributed by atoms with Crippen LogP contribution >= 0.6 is 11.6 Å². The van der Waals surface area contributed by atoms with Crippen molar-refractivity contribution in [3.05, 3.63) is 46.1 Å². The van der Waals surface area contributed by atoms with Crippen molar-refractivity contribution < 1.29 is 19.1 Å². The lowest BCUT2D eigenvalue weighted by Gasteiger charge is -2.27. The van der Waals surface area contributed by atoms with Crippen LogP contribution in [-0.4, -0.2) is 32.2 Å². The van der Waals surface area contributed by atoms with Gasteiger partial charge >= 0.3 is 5.97 Å². The Balaban J connectivity index is 2.33. The molecule has 0 saturated heterocycles. The summed E-state index contributed by atoms with van der Waals surface area (Å²) >= 11 is 6.22. The molecule has 0 saturated carbocycles. The molecule has 1 aromatic rings. The monoisotopic (exact) mass is 323 g/mol. The molecule has 6 heteroatoms. The number of allylic oxidation sites excluding steroid dienone is 1. The highest BCUT2D eigenvalue weighted by atomic mass is 35.5. The van der Waals surface area contributed by atoms with Crippen LogP contribution in [-0.2, 0) is 19.1 Å². The molecular weight excluding hydrogens is 306 g/mol. The van der Waals surface area contributed by atoms with Gasteiger partial charge in [-0.1, -0.05) is 29.8 Å². The predicted octanol–water partition coefficient (Wildman–Crippen LogP) is 2.41. The fourth-order valence-corrected chi connectivity index (χ4v) is 2.76. The van der Waals surface area contributed by atoms with Crippen molar-refractivity contribution in [2.24, 2.45) is 0 Å². The zero-order valence-electron chi connectivity index (χ0n) is 12.5. The number of carbonyl (C=O) groups is 2. The molecule has 1 amide bonds. The van der Waals surface area contributed by atoms with Crippen LogP contribution in [0.4, 0.5) is 0 Å². The molecule has 118 valence electrons. The minimum absolute atomic E-state index is 0.143. The third-order valence-electron chi connectivity index (χ3n) is 3.49. The summed E-state index contributed by atoms with van der Waals surface area (Å²) in [5, 5.41) is 3.21. The van der Waals surface area contributed by atoms with E-state index in [0.717, 1.165) is 5.56 Å². The third kappa shape index (κ3) is 3.67. The van der Waals surface area contributed by atoms with Crippen LogP contribution in [0.15, 0.2) is 35.5 Å². The van der Waals surface area contributed by atoms with Crippen LogP contribution in [0.3, 0.4) is 0 Å². The Labute approximate surface area is 134 Å². The summed E-state index contributed by atoms with van der Waals surface area (Å²) in [6.07, 6.45) is 0.162. The highest BCUT2D eigenvalue weighted by molar-refractivity contribution is 6.31. The summed E-state index contributed by atoms with van der Waals surface area (Å²) < 4.78 is 10.1. The van der Waals surface area contributed by atoms with Gasteiger partial charge in [0.2, 0.25) is 5.91 Å². The van der Waals surface area contributed by atoms with Crippen LogP contribution in [0, 0.1) is 0 Å². The van der Waals surface area contributed by atoms with Gasteiger partial charge in [-0.25, -0.2) is 4.79 Å². The van der Waals surface area contributed by atoms with Gasteiger partial charge in [0.15, 0.2) is 0 Å². The largest absolute Gasteiger partial charge is 0.460 e. The number of nitrogens with one attached hydrogen (secondary N) is 1. The Hall–Kier alpha value is -1.85. The van der Waals surface area contributed by atoms with E-state index in [4.69, 9.17) is 21.1 Å². The number of esters is 1. The first-order valence-electron chi connectivity index (χ1n) is 6.95. The molecule has 2 rings (SSSR count). The summed E-state index contributed by atoms with van der Waals surface area (Å²) in [6, 6.07) is 7.20. The second-order valence-corrected chi connectivity index (χ2v) is 5.40. The van der Waals surface area contributed by atoms with Crippen molar-refractivity contribution in [1.82, 2.24) is 5.32 Å². The van der Waals surface area contributed by atoms with Crippen molar-refractivity contribution in [1.29, 1.82) is 0 Å². The highest BCUT2D eigenvalue weighted by Crippen LogP contribution is 2.36. The van der Waals surface area contributed by atoms with Gasteiger partial charge in [0.25, 0.3) is 0 Å². The Bertz CT molecular complexity index is 612. The fraction of sp³-hybridized carbons (Fsp3) is 0.375. The van der Waals surface area contributed by atoms with Gasteiger partial charge in [0.1, 0.15) is 6.61 Å². The summed E-state index contributed by atoms with van der Waals surface area (Å²) in [7, 11) is 1.53. The molecule has 0 aliphatic carbocycles. The Morgan fingerprint density at radius 3 is 2.77 bits per heavy atom. The minimum atomic E-state index is -0.459. The predicted molar refractivity (Wildman–Crippen MR) is 82.5 cm³/mol. The van der Waals surface area contributed by atoms with Crippen molar-refractivity contribution in [2.45, 2.75) is 19.3 Å². The Morgan fingerprint density at radius 1 is 1.36 bits per heavy atom. The minimum Gasteiger partial charge on any atom is -0.460 e. The lowest BCUT2D eigenvalue weighted by atomic mass is 9.84. The molecule has 1 aliphatic heterocycles. The zero-order valence-corrected chi connectivity index (χ0v) is 13.3. The molecule has 1 aliphatic rings. The fourth-order valence-electron chi connectivity index (χ4n) is 2.49. The second kappa shape index (κ2) is 7.42. The van der Waals surface area contributed by atoms with E-state index in [9.17, 15) is 9.59 Å². The number of benzene rings is 1. The SMILES string of the molecule is COCCOC(=O)C1=C(C)NC(=O)C[C@@H]1c1ccccc1Cl. The average Bonchev–Trinajstić information content (AvgIpc) is 2.47. The summed E-state index contributed by atoms with van der Waals surface area (Å²) in [4.78, 5) is 24.2. The highest BCUT2D eigenvalue weighted by Gasteiger charge is 2.33. The number of methoxy groups -OCH3 is 1. The van der Waals surface area contributed by atoms with Gasteiger partial charge in [-0.3, -0.25) is 4.79 Å². The molecular formula is C16H18ClNO4. The standard InChI is InChI=1S/C16H18ClNO4/c1-10-15(16(20)22-8-7-21-2)12(9-14(19)18-10)11-5-3-4-6-13(11)17/h3-6,12H,7-9H2,1-2H3,(H,18,19)/t12-/m1/s1. The van der Waals surface area contributed by atoms with E-state index in [1.165, 1.54) is 7.11 Å². The van der Waals surface area contributed by atoms with Gasteiger partial charge in [-0.05, 0) is 18.6 Å². The smallest absolute Gasteiger partial charge is 0.336 e. The Morgan fingerprint density at radius 2 is 2.09 bits per heavy atom. The number of hydrogen-bond donors (Lipinski definition) is 1. The van der Waals surface area contributed by atoms with Crippen LogP contribution in [0.1, 0.15) is 24.8 Å². The first-order chi connectivity index (χ1) is 10.5. The molecule has 1 N–H and O–H groups in total. The first kappa shape index (κ1) is 16.5. The van der Waals surface area contributed by atoms with Gasteiger partial charge in [-0.15, -0.1) is 0 Å². The van der Waals surface area contributed by atoms with Gasteiger partial charge in [0.05, 0.1) is 12.2 Å². The molecule has 1 heterocycles. The molecule has 5 nitrogen and oxygen atoms in total. The molecule has 0 spiro atoms. The number of amides is 1. The number of ether oxygens (including phenoxy) is 2. The van der Waals surface area contributed by atoms with E-state index in [1.54, 1.807) is 13.0 Å². The average molecular weight is 324 g/mol. The lowest BCUT2D eigenvalue weighted by molar-refractivity contribution is -0.140. The quantitative estimate of drug-likeness (QED) is 0.667. The molecule has 0 aromatic heterocycles. The van der Waals surface area contributed by atoms with E-state index < -0.39 is 11.9 Å². The summed E-state index contributed by atoms with van der Waals surface area (Å²) in [5.74, 6) is -1.01. The van der Waals surface area contributed by atoms with E-state index in [1.807, 2.05) is 18.2 Å². The first-order valence-corrected chi connectivity index (χ1v) is 7.33. The van der Waals surface area contributed by atoms with Gasteiger partial charge < -0.3 is 14.8 Å². The molecule has 0 fully saturated rings. The Kier molecular flexibility index (Phi) is 5.57. The van der Waals surface area contributed by atoms with Crippen LogP contribution in [0.2, 0.25) is 5.02 Å². The van der Waals surface area contributed by atoms with Crippen LogP contribution < -0.4 is 5.32 Å². The maximum absolute atomic E-state index is 12.4. The van der Waals surface area contributed by atoms with E-state index >= 15 is 0 Å². The zero-order chi connectivity index (χ0) is 16.1. The number of hydrogen-bond acceptors (Lipinski definition) is 4.